The summed E-state index contributed by atoms with van der Waals surface area (Å²) >= 11 is 0. The Kier molecular flexibility index (Phi) is 2.95. The van der Waals surface area contributed by atoms with Gasteiger partial charge >= 0.3 is 0 Å². The molecule has 1 aromatic rings. The molecule has 0 amide bonds. The molecule has 1 fully saturated rings. The van der Waals surface area contributed by atoms with Crippen LogP contribution < -0.4 is 11.1 Å². The average molecular weight is 226 g/mol. The highest BCUT2D eigenvalue weighted by Crippen LogP contribution is 2.53. The third-order valence-corrected chi connectivity index (χ3v) is 3.38. The number of hydrogen-bond donors (Lipinski definition) is 2. The Balaban J connectivity index is 2.24. The molecule has 0 bridgehead atoms. The zero-order chi connectivity index (χ0) is 11.8. The van der Waals surface area contributed by atoms with Crippen molar-refractivity contribution in [3.63, 3.8) is 0 Å². The first-order valence-corrected chi connectivity index (χ1v) is 5.44. The highest BCUT2D eigenvalue weighted by atomic mass is 19.1. The summed E-state index contributed by atoms with van der Waals surface area (Å²) in [5.41, 5.74) is 6.43. The lowest BCUT2D eigenvalue weighted by atomic mass is 9.90. The molecule has 0 aromatic heterocycles. The lowest BCUT2D eigenvalue weighted by Crippen LogP contribution is -2.31. The van der Waals surface area contributed by atoms with Gasteiger partial charge in [0.05, 0.1) is 0 Å². The van der Waals surface area contributed by atoms with E-state index in [4.69, 9.17) is 5.73 Å². The first kappa shape index (κ1) is 11.5. The molecule has 0 saturated heterocycles. The predicted molar refractivity (Wildman–Crippen MR) is 58.9 cm³/mol. The standard InChI is InChI=1S/C12H16F2N2/c1-16-7-12(4-5-12)11(15)9-3-2-8(13)6-10(9)14/h2-3,6,11,16H,4-5,7,15H2,1H3. The summed E-state index contributed by atoms with van der Waals surface area (Å²) in [5.74, 6) is -1.11. The van der Waals surface area contributed by atoms with Crippen molar-refractivity contribution in [2.45, 2.75) is 18.9 Å². The lowest BCUT2D eigenvalue weighted by Gasteiger charge is -2.23. The minimum absolute atomic E-state index is 0.0482. The topological polar surface area (TPSA) is 38.0 Å². The van der Waals surface area contributed by atoms with Gasteiger partial charge in [-0.05, 0) is 26.0 Å². The Morgan fingerprint density at radius 2 is 2.12 bits per heavy atom. The second-order valence-corrected chi connectivity index (χ2v) is 4.54. The van der Waals surface area contributed by atoms with E-state index in [1.54, 1.807) is 0 Å². The van der Waals surface area contributed by atoms with Gasteiger partial charge in [-0.25, -0.2) is 8.78 Å². The monoisotopic (exact) mass is 226 g/mol. The van der Waals surface area contributed by atoms with Crippen LogP contribution in [0.5, 0.6) is 0 Å². The molecular formula is C12H16F2N2. The summed E-state index contributed by atoms with van der Waals surface area (Å²) in [4.78, 5) is 0. The number of nitrogens with one attached hydrogen (secondary N) is 1. The summed E-state index contributed by atoms with van der Waals surface area (Å²) in [5, 5.41) is 3.08. The molecular weight excluding hydrogens is 210 g/mol. The molecule has 16 heavy (non-hydrogen) atoms. The van der Waals surface area contributed by atoms with E-state index in [1.807, 2.05) is 7.05 Å². The average Bonchev–Trinajstić information content (AvgIpc) is 2.99. The molecule has 1 atom stereocenters. The number of hydrogen-bond acceptors (Lipinski definition) is 2. The van der Waals surface area contributed by atoms with Crippen molar-refractivity contribution in [3.05, 3.63) is 35.4 Å². The van der Waals surface area contributed by atoms with E-state index in [1.165, 1.54) is 12.1 Å². The zero-order valence-corrected chi connectivity index (χ0v) is 9.26. The van der Waals surface area contributed by atoms with Crippen LogP contribution in [0.3, 0.4) is 0 Å². The van der Waals surface area contributed by atoms with Crippen molar-refractivity contribution in [1.29, 1.82) is 0 Å². The van der Waals surface area contributed by atoms with E-state index in [2.05, 4.69) is 5.32 Å². The van der Waals surface area contributed by atoms with E-state index in [9.17, 15) is 8.78 Å². The molecule has 4 heteroatoms. The maximum Gasteiger partial charge on any atom is 0.130 e. The van der Waals surface area contributed by atoms with Gasteiger partial charge in [0.25, 0.3) is 0 Å². The van der Waals surface area contributed by atoms with Crippen LogP contribution in [0.1, 0.15) is 24.4 Å². The first-order chi connectivity index (χ1) is 7.59. The van der Waals surface area contributed by atoms with Gasteiger partial charge in [-0.1, -0.05) is 6.07 Å². The Hall–Kier alpha value is -1.00. The lowest BCUT2D eigenvalue weighted by molar-refractivity contribution is 0.380. The van der Waals surface area contributed by atoms with Crippen LogP contribution in [0.2, 0.25) is 0 Å². The molecule has 0 heterocycles. The summed E-state index contributed by atoms with van der Waals surface area (Å²) in [6.45, 7) is 0.769. The molecule has 3 N–H and O–H groups in total. The van der Waals surface area contributed by atoms with Crippen LogP contribution >= 0.6 is 0 Å². The molecule has 1 saturated carbocycles. The fourth-order valence-electron chi connectivity index (χ4n) is 2.19. The second-order valence-electron chi connectivity index (χ2n) is 4.54. The van der Waals surface area contributed by atoms with Gasteiger partial charge in [0.1, 0.15) is 11.6 Å². The molecule has 2 nitrogen and oxygen atoms in total. The highest BCUT2D eigenvalue weighted by molar-refractivity contribution is 5.26. The quantitative estimate of drug-likeness (QED) is 0.823. The molecule has 1 aliphatic rings. The third-order valence-electron chi connectivity index (χ3n) is 3.38. The normalized spacial score (nSPS) is 19.5. The van der Waals surface area contributed by atoms with Gasteiger partial charge in [-0.2, -0.15) is 0 Å². The van der Waals surface area contributed by atoms with Crippen LogP contribution in [-0.2, 0) is 0 Å². The Labute approximate surface area is 93.8 Å². The molecule has 0 aliphatic heterocycles. The summed E-state index contributed by atoms with van der Waals surface area (Å²) in [6.07, 6.45) is 1.98. The first-order valence-electron chi connectivity index (χ1n) is 5.44. The van der Waals surface area contributed by atoms with E-state index in [-0.39, 0.29) is 11.5 Å². The van der Waals surface area contributed by atoms with E-state index >= 15 is 0 Å². The summed E-state index contributed by atoms with van der Waals surface area (Å²) in [6, 6.07) is 3.24. The Morgan fingerprint density at radius 1 is 1.44 bits per heavy atom. The van der Waals surface area contributed by atoms with Gasteiger partial charge in [0.2, 0.25) is 0 Å². The van der Waals surface area contributed by atoms with Crippen molar-refractivity contribution in [3.8, 4) is 0 Å². The summed E-state index contributed by atoms with van der Waals surface area (Å²) in [7, 11) is 1.85. The van der Waals surface area contributed by atoms with Gasteiger partial charge in [-0.3, -0.25) is 0 Å². The highest BCUT2D eigenvalue weighted by Gasteiger charge is 2.48. The molecule has 0 spiro atoms. The third kappa shape index (κ3) is 1.95. The van der Waals surface area contributed by atoms with Crippen LogP contribution in [-0.4, -0.2) is 13.6 Å². The van der Waals surface area contributed by atoms with Crippen LogP contribution in [0.25, 0.3) is 0 Å². The largest absolute Gasteiger partial charge is 0.323 e. The van der Waals surface area contributed by atoms with Crippen molar-refractivity contribution >= 4 is 0 Å². The van der Waals surface area contributed by atoms with E-state index in [0.717, 1.165) is 25.5 Å². The van der Waals surface area contributed by atoms with Gasteiger partial charge in [0.15, 0.2) is 0 Å². The minimum atomic E-state index is -0.563. The van der Waals surface area contributed by atoms with Crippen molar-refractivity contribution in [1.82, 2.24) is 5.32 Å². The van der Waals surface area contributed by atoms with Crippen molar-refractivity contribution in [2.24, 2.45) is 11.1 Å². The second kappa shape index (κ2) is 4.11. The Bertz CT molecular complexity index is 389. The Morgan fingerprint density at radius 3 is 2.62 bits per heavy atom. The summed E-state index contributed by atoms with van der Waals surface area (Å²) < 4.78 is 26.3. The fraction of sp³-hybridized carbons (Fsp3) is 0.500. The molecule has 88 valence electrons. The van der Waals surface area contributed by atoms with Gasteiger partial charge < -0.3 is 11.1 Å². The zero-order valence-electron chi connectivity index (χ0n) is 9.26. The van der Waals surface area contributed by atoms with E-state index < -0.39 is 11.6 Å². The van der Waals surface area contributed by atoms with Crippen LogP contribution in [0, 0.1) is 17.0 Å². The van der Waals surface area contributed by atoms with Gasteiger partial charge in [-0.15, -0.1) is 0 Å². The fourth-order valence-corrected chi connectivity index (χ4v) is 2.19. The molecule has 0 radical (unpaired) electrons. The number of nitrogens with two attached hydrogens (primary N) is 1. The molecule has 1 unspecified atom stereocenters. The van der Waals surface area contributed by atoms with E-state index in [0.29, 0.717) is 5.56 Å². The number of halogens is 2. The van der Waals surface area contributed by atoms with Crippen LogP contribution in [0.4, 0.5) is 8.78 Å². The molecule has 2 rings (SSSR count). The number of benzene rings is 1. The predicted octanol–water partition coefficient (Wildman–Crippen LogP) is 1.96. The van der Waals surface area contributed by atoms with Crippen molar-refractivity contribution in [2.75, 3.05) is 13.6 Å². The molecule has 1 aliphatic carbocycles. The smallest absolute Gasteiger partial charge is 0.130 e. The minimum Gasteiger partial charge on any atom is -0.323 e. The van der Waals surface area contributed by atoms with Crippen molar-refractivity contribution < 1.29 is 8.78 Å². The maximum absolute atomic E-state index is 13.6. The maximum atomic E-state index is 13.6. The van der Waals surface area contributed by atoms with Crippen LogP contribution in [0.15, 0.2) is 18.2 Å². The molecule has 1 aromatic carbocycles. The van der Waals surface area contributed by atoms with Gasteiger partial charge in [0, 0.05) is 29.6 Å². The number of rotatable bonds is 4. The SMILES string of the molecule is CNCC1(C(N)c2ccc(F)cc2F)CC1.